The molecule has 0 aliphatic carbocycles. The number of aliphatic imine (C=N–C) groups is 4. The van der Waals surface area contributed by atoms with Crippen LogP contribution in [0.3, 0.4) is 0 Å². The van der Waals surface area contributed by atoms with Crippen LogP contribution in [0, 0.1) is 0 Å². The Labute approximate surface area is 633 Å². The number of aromatic hydroxyl groups is 4. The van der Waals surface area contributed by atoms with Crippen molar-refractivity contribution in [3.8, 4) is 23.0 Å². The summed E-state index contributed by atoms with van der Waals surface area (Å²) in [4.78, 5) is 24.0. The van der Waals surface area contributed by atoms with Gasteiger partial charge in [0, 0.05) is 69.4 Å². The van der Waals surface area contributed by atoms with Gasteiger partial charge in [0.05, 0.1) is 77.1 Å². The molecule has 4 unspecified atom stereocenters. The predicted octanol–water partition coefficient (Wildman–Crippen LogP) is 15.0. The molecule has 0 spiro atoms. The van der Waals surface area contributed by atoms with Gasteiger partial charge in [-0.1, -0.05) is 156 Å². The van der Waals surface area contributed by atoms with Crippen LogP contribution in [0.5, 0.6) is 23.0 Å². The maximum Gasteiger partial charge on any atom is 2.00 e. The normalized spacial score (nSPS) is 13.4. The molecule has 0 fully saturated rings. The van der Waals surface area contributed by atoms with E-state index in [-0.39, 0.29) is 55.8 Å². The molecule has 550 valence electrons. The molecular weight excluding hydrogens is 1360 g/mol. The van der Waals surface area contributed by atoms with Crippen LogP contribution >= 0.6 is 0 Å². The van der Waals surface area contributed by atoms with E-state index in [0.717, 1.165) is 145 Å². The van der Waals surface area contributed by atoms with Crippen LogP contribution in [0.4, 0.5) is 22.7 Å². The molecular formula is C88H120Cu2N8O4+8. The minimum absolute atomic E-state index is 0. The average Bonchev–Trinajstić information content (AvgIpc) is 0.827. The Hall–Kier alpha value is -7.48. The molecule has 2 radical (unpaired) electrons. The molecule has 4 atom stereocenters. The van der Waals surface area contributed by atoms with Gasteiger partial charge in [0.15, 0.2) is 0 Å². The summed E-state index contributed by atoms with van der Waals surface area (Å²) < 4.78 is 0. The number of hydrogen-bond donors (Lipinski definition) is 8. The SMILES string of the molecule is C[NH+](CCCCCC[NH+](C)Cc1cc(C(C)(C)C)cc(C=Nc2ccccc2)c1O)Cc1cc(C(C)(C)C)cc(C=Nc2ccccc2)c1O.C[NH+](CCCCCC[NH+](C)Cc1cc(C(C)(C)C)cc(C=Nc2ccccc2)c1O)Cc1cc(C(C)(C)C)cc(C=Nc2ccccc2)c1O.[Cu+2].[Cu+2]. The van der Waals surface area contributed by atoms with E-state index in [0.29, 0.717) is 23.0 Å². The fourth-order valence-corrected chi connectivity index (χ4v) is 12.2. The molecule has 8 N–H and O–H groups in total. The molecule has 0 saturated heterocycles. The summed E-state index contributed by atoms with van der Waals surface area (Å²) in [5.74, 6) is 1.32. The Kier molecular flexibility index (Phi) is 33.9. The number of rotatable bonds is 30. The maximum atomic E-state index is 11.2. The molecule has 0 aliphatic heterocycles. The van der Waals surface area contributed by atoms with Crippen molar-refractivity contribution in [2.75, 3.05) is 54.4 Å². The second kappa shape index (κ2) is 40.5. The van der Waals surface area contributed by atoms with Gasteiger partial charge in [-0.2, -0.15) is 0 Å². The molecule has 0 heterocycles. The first-order valence-corrected chi connectivity index (χ1v) is 36.5. The standard InChI is InChI=1S/2C44H58N4O2.2Cu/c2*1-43(2,3)37-25-33(29-45-39-19-13-11-14-20-39)41(49)35(27-37)31-47(7)23-17-9-10-18-24-48(8)32-36-28-38(44(4,5)6)26-34(42(36)50)30-46-40-21-15-12-16-22-40;;/h2*11-16,19-22,25-30,49-50H,9-10,17-18,23-24,31-32H2,1-8H3;;/q;;2*+2/p+4. The molecule has 102 heavy (non-hydrogen) atoms. The van der Waals surface area contributed by atoms with Crippen LogP contribution in [0.15, 0.2) is 190 Å². The zero-order valence-corrected chi connectivity index (χ0v) is 65.9. The first kappa shape index (κ1) is 85.2. The summed E-state index contributed by atoms with van der Waals surface area (Å²) in [6.07, 6.45) is 16.5. The Morgan fingerprint density at radius 2 is 0.451 bits per heavy atom. The van der Waals surface area contributed by atoms with Gasteiger partial charge in [-0.05, 0) is 192 Å². The quantitative estimate of drug-likeness (QED) is 0.0129. The minimum Gasteiger partial charge on any atom is -0.507 e. The summed E-state index contributed by atoms with van der Waals surface area (Å²) in [6.45, 7) is 33.8. The van der Waals surface area contributed by atoms with Crippen LogP contribution < -0.4 is 19.6 Å². The minimum atomic E-state index is -0.0338. The number of hydrogen-bond acceptors (Lipinski definition) is 8. The van der Waals surface area contributed by atoms with Crippen LogP contribution in [0.1, 0.15) is 201 Å². The Bertz CT molecular complexity index is 3450. The van der Waals surface area contributed by atoms with Crippen molar-refractivity contribution in [1.29, 1.82) is 0 Å². The van der Waals surface area contributed by atoms with Gasteiger partial charge in [-0.15, -0.1) is 0 Å². The van der Waals surface area contributed by atoms with Crippen molar-refractivity contribution in [1.82, 2.24) is 0 Å². The molecule has 8 rings (SSSR count). The Morgan fingerprint density at radius 3 is 0.618 bits per heavy atom. The molecule has 8 aromatic rings. The van der Waals surface area contributed by atoms with Crippen molar-refractivity contribution >= 4 is 47.6 Å². The zero-order chi connectivity index (χ0) is 72.6. The first-order chi connectivity index (χ1) is 47.4. The van der Waals surface area contributed by atoms with Gasteiger partial charge in [0.2, 0.25) is 0 Å². The topological polar surface area (TPSA) is 148 Å². The van der Waals surface area contributed by atoms with Gasteiger partial charge >= 0.3 is 34.1 Å². The van der Waals surface area contributed by atoms with Crippen molar-refractivity contribution in [3.05, 3.63) is 237 Å². The number of para-hydroxylation sites is 4. The number of phenolic OH excluding ortho intramolecular Hbond substituents is 4. The summed E-state index contributed by atoms with van der Waals surface area (Å²) in [5.41, 5.74) is 15.1. The smallest absolute Gasteiger partial charge is 0.507 e. The monoisotopic (exact) mass is 1480 g/mol. The molecule has 0 saturated carbocycles. The molecule has 8 aromatic carbocycles. The van der Waals surface area contributed by atoms with Gasteiger partial charge in [-0.25, -0.2) is 0 Å². The van der Waals surface area contributed by atoms with E-state index < -0.39 is 0 Å². The van der Waals surface area contributed by atoms with E-state index in [1.165, 1.54) is 67.5 Å². The predicted molar refractivity (Wildman–Crippen MR) is 421 cm³/mol. The van der Waals surface area contributed by atoms with E-state index >= 15 is 0 Å². The molecule has 0 aliphatic rings. The average molecular weight is 1480 g/mol. The molecule has 12 nitrogen and oxygen atoms in total. The number of unbranched alkanes of at least 4 members (excludes halogenated alkanes) is 6. The summed E-state index contributed by atoms with van der Waals surface area (Å²) >= 11 is 0. The van der Waals surface area contributed by atoms with Gasteiger partial charge < -0.3 is 40.0 Å². The number of nitrogens with zero attached hydrogens (tertiary/aromatic N) is 4. The fourth-order valence-electron chi connectivity index (χ4n) is 12.2. The van der Waals surface area contributed by atoms with Crippen molar-refractivity contribution < 1.29 is 74.2 Å². The van der Waals surface area contributed by atoms with Gasteiger partial charge in [-0.3, -0.25) is 20.0 Å². The van der Waals surface area contributed by atoms with E-state index in [9.17, 15) is 20.4 Å². The molecule has 0 aromatic heterocycles. The number of benzene rings is 8. The number of nitrogens with one attached hydrogen (secondary N) is 4. The first-order valence-electron chi connectivity index (χ1n) is 36.5. The van der Waals surface area contributed by atoms with Gasteiger partial charge in [0.25, 0.3) is 0 Å². The van der Waals surface area contributed by atoms with Crippen LogP contribution in [-0.2, 0) is 82.0 Å². The van der Waals surface area contributed by atoms with E-state index in [2.05, 4.69) is 180 Å². The third-order valence-electron chi connectivity index (χ3n) is 18.7. The van der Waals surface area contributed by atoms with Crippen molar-refractivity contribution in [2.24, 2.45) is 20.0 Å². The number of phenols is 4. The third-order valence-corrected chi connectivity index (χ3v) is 18.7. The zero-order valence-electron chi connectivity index (χ0n) is 64.0. The van der Waals surface area contributed by atoms with E-state index in [4.69, 9.17) is 0 Å². The Morgan fingerprint density at radius 1 is 0.275 bits per heavy atom. The molecule has 0 amide bonds. The van der Waals surface area contributed by atoms with E-state index in [1.807, 2.05) is 121 Å². The van der Waals surface area contributed by atoms with Crippen LogP contribution in [0.25, 0.3) is 0 Å². The third kappa shape index (κ3) is 27.9. The summed E-state index contributed by atoms with van der Waals surface area (Å²) in [7, 11) is 8.87. The van der Waals surface area contributed by atoms with Gasteiger partial charge in [0.1, 0.15) is 49.2 Å². The van der Waals surface area contributed by atoms with E-state index in [1.54, 1.807) is 24.9 Å². The summed E-state index contributed by atoms with van der Waals surface area (Å²) in [6, 6.07) is 56.4. The summed E-state index contributed by atoms with van der Waals surface area (Å²) in [5, 5.41) is 44.9. The molecule has 0 bridgehead atoms. The second-order valence-corrected chi connectivity index (χ2v) is 32.0. The maximum absolute atomic E-state index is 11.2. The van der Waals surface area contributed by atoms with Crippen LogP contribution in [-0.4, -0.2) is 99.7 Å². The van der Waals surface area contributed by atoms with Crippen molar-refractivity contribution in [3.63, 3.8) is 0 Å². The largest absolute Gasteiger partial charge is 2.00 e. The van der Waals surface area contributed by atoms with Crippen molar-refractivity contribution in [2.45, 2.75) is 182 Å². The number of quaternary nitrogens is 4. The second-order valence-electron chi connectivity index (χ2n) is 32.0. The van der Waals surface area contributed by atoms with Crippen LogP contribution in [0.2, 0.25) is 0 Å². The molecule has 14 heteroatoms. The Balaban J connectivity index is 0.000000360. The fraction of sp³-hybridized carbons (Fsp3) is 0.409.